The molecule has 0 saturated heterocycles. The quantitative estimate of drug-likeness (QED) is 0.410. The predicted octanol–water partition coefficient (Wildman–Crippen LogP) is 0.261. The van der Waals surface area contributed by atoms with Crippen LogP contribution in [-0.4, -0.2) is 92.0 Å². The molecular formula is C24H32N2O8. The predicted molar refractivity (Wildman–Crippen MR) is 122 cm³/mol. The van der Waals surface area contributed by atoms with Crippen LogP contribution in [0, 0.1) is 5.92 Å². The molecule has 0 fully saturated rings. The van der Waals surface area contributed by atoms with Crippen molar-refractivity contribution in [3.05, 3.63) is 34.9 Å². The number of benzene rings is 1. The first-order valence-electron chi connectivity index (χ1n) is 11.2. The van der Waals surface area contributed by atoms with Crippen LogP contribution in [-0.2, 0) is 14.3 Å². The molecular weight excluding hydrogens is 444 g/mol. The van der Waals surface area contributed by atoms with E-state index in [0.717, 1.165) is 0 Å². The van der Waals surface area contributed by atoms with Gasteiger partial charge in [-0.1, -0.05) is 13.8 Å². The zero-order valence-corrected chi connectivity index (χ0v) is 19.8. The molecule has 4 atom stereocenters. The highest BCUT2D eigenvalue weighted by Gasteiger charge is 2.51. The first kappa shape index (κ1) is 25.7. The van der Waals surface area contributed by atoms with E-state index in [-0.39, 0.29) is 43.7 Å². The van der Waals surface area contributed by atoms with Gasteiger partial charge in [-0.15, -0.1) is 0 Å². The SMILES string of the molecule is COCCN(C(=O)C(C)C)[C@@H]1C=C(C(=O)NCCO)[C@@H]2c3cc(C=O)cc(OC)c3O[C@@H]2[C@H]1O. The van der Waals surface area contributed by atoms with Crippen molar-refractivity contribution in [3.63, 3.8) is 0 Å². The van der Waals surface area contributed by atoms with E-state index in [2.05, 4.69) is 5.32 Å². The molecule has 3 rings (SSSR count). The summed E-state index contributed by atoms with van der Waals surface area (Å²) in [6, 6.07) is 2.28. The van der Waals surface area contributed by atoms with E-state index in [1.165, 1.54) is 25.2 Å². The number of fused-ring (bicyclic) bond motifs is 3. The molecule has 0 bridgehead atoms. The molecule has 1 aromatic carbocycles. The first-order chi connectivity index (χ1) is 16.3. The molecule has 10 nitrogen and oxygen atoms in total. The minimum Gasteiger partial charge on any atom is -0.493 e. The number of ether oxygens (including phenoxy) is 3. The fourth-order valence-corrected chi connectivity index (χ4v) is 4.49. The van der Waals surface area contributed by atoms with Gasteiger partial charge in [-0.3, -0.25) is 14.4 Å². The molecule has 0 saturated carbocycles. The number of carbonyl (C=O) groups excluding carboxylic acids is 3. The van der Waals surface area contributed by atoms with E-state index in [0.29, 0.717) is 28.9 Å². The Bertz CT molecular complexity index is 961. The lowest BCUT2D eigenvalue weighted by molar-refractivity contribution is -0.141. The second-order valence-electron chi connectivity index (χ2n) is 8.58. The molecule has 0 aromatic heterocycles. The van der Waals surface area contributed by atoms with Gasteiger partial charge in [0.05, 0.1) is 32.3 Å². The third-order valence-corrected chi connectivity index (χ3v) is 6.08. The normalized spacial score (nSPS) is 22.9. The summed E-state index contributed by atoms with van der Waals surface area (Å²) >= 11 is 0. The van der Waals surface area contributed by atoms with Gasteiger partial charge in [-0.05, 0) is 18.2 Å². The summed E-state index contributed by atoms with van der Waals surface area (Å²) in [5.41, 5.74) is 1.15. The van der Waals surface area contributed by atoms with Gasteiger partial charge in [-0.25, -0.2) is 0 Å². The molecule has 186 valence electrons. The monoisotopic (exact) mass is 476 g/mol. The Morgan fingerprint density at radius 2 is 2.03 bits per heavy atom. The van der Waals surface area contributed by atoms with Gasteiger partial charge in [0.2, 0.25) is 11.8 Å². The Kier molecular flexibility index (Phi) is 8.29. The van der Waals surface area contributed by atoms with Crippen molar-refractivity contribution in [2.24, 2.45) is 5.92 Å². The smallest absolute Gasteiger partial charge is 0.247 e. The maximum absolute atomic E-state index is 13.2. The van der Waals surface area contributed by atoms with Crippen LogP contribution in [0.25, 0.3) is 0 Å². The molecule has 1 aliphatic carbocycles. The molecule has 1 aliphatic heterocycles. The van der Waals surface area contributed by atoms with Crippen molar-refractivity contribution in [2.75, 3.05) is 40.5 Å². The zero-order chi connectivity index (χ0) is 25.0. The summed E-state index contributed by atoms with van der Waals surface area (Å²) in [4.78, 5) is 39.2. The van der Waals surface area contributed by atoms with Crippen LogP contribution in [0.2, 0.25) is 0 Å². The van der Waals surface area contributed by atoms with Gasteiger partial charge >= 0.3 is 0 Å². The van der Waals surface area contributed by atoms with Gasteiger partial charge in [0, 0.05) is 42.8 Å². The molecule has 0 radical (unpaired) electrons. The molecule has 2 amide bonds. The average Bonchev–Trinajstić information content (AvgIpc) is 3.22. The Balaban J connectivity index is 2.13. The van der Waals surface area contributed by atoms with Crippen LogP contribution in [0.5, 0.6) is 11.5 Å². The number of nitrogens with one attached hydrogen (secondary N) is 1. The number of hydrogen-bond donors (Lipinski definition) is 3. The molecule has 2 aliphatic rings. The summed E-state index contributed by atoms with van der Waals surface area (Å²) < 4.78 is 16.7. The highest BCUT2D eigenvalue weighted by molar-refractivity contribution is 5.96. The molecule has 1 heterocycles. The molecule has 3 N–H and O–H groups in total. The van der Waals surface area contributed by atoms with E-state index >= 15 is 0 Å². The van der Waals surface area contributed by atoms with E-state index in [1.807, 2.05) is 0 Å². The van der Waals surface area contributed by atoms with Gasteiger partial charge in [-0.2, -0.15) is 0 Å². The standard InChI is InChI=1S/C24H32N2O8/c1-13(2)24(31)26(6-8-32-3)17-11-16(23(30)25-5-7-27)19-15-9-14(12-28)10-18(33-4)21(15)34-22(19)20(17)29/h9-13,17,19-20,22,27,29H,5-8H2,1-4H3,(H,25,30)/t17-,19+,20+,22+/m1/s1. The van der Waals surface area contributed by atoms with Gasteiger partial charge in [0.25, 0.3) is 0 Å². The molecule has 1 aromatic rings. The molecule has 0 unspecified atom stereocenters. The van der Waals surface area contributed by atoms with Crippen LogP contribution < -0.4 is 14.8 Å². The van der Waals surface area contributed by atoms with Crippen molar-refractivity contribution in [2.45, 2.75) is 38.0 Å². The summed E-state index contributed by atoms with van der Waals surface area (Å²) in [7, 11) is 2.95. The third kappa shape index (κ3) is 4.79. The van der Waals surface area contributed by atoms with Crippen molar-refractivity contribution in [1.82, 2.24) is 10.2 Å². The minimum atomic E-state index is -1.17. The lowest BCUT2D eigenvalue weighted by Crippen LogP contribution is -2.57. The maximum atomic E-state index is 13.2. The topological polar surface area (TPSA) is 135 Å². The van der Waals surface area contributed by atoms with E-state index in [4.69, 9.17) is 14.2 Å². The second kappa shape index (κ2) is 11.0. The van der Waals surface area contributed by atoms with Gasteiger partial charge in [0.1, 0.15) is 18.5 Å². The zero-order valence-electron chi connectivity index (χ0n) is 19.8. The third-order valence-electron chi connectivity index (χ3n) is 6.08. The molecule has 34 heavy (non-hydrogen) atoms. The largest absolute Gasteiger partial charge is 0.493 e. The number of carbonyl (C=O) groups is 3. The maximum Gasteiger partial charge on any atom is 0.247 e. The van der Waals surface area contributed by atoms with Crippen molar-refractivity contribution in [3.8, 4) is 11.5 Å². The summed E-state index contributed by atoms with van der Waals surface area (Å²) in [5.74, 6) is -1.07. The average molecular weight is 477 g/mol. The van der Waals surface area contributed by atoms with E-state index in [1.54, 1.807) is 26.0 Å². The molecule has 10 heteroatoms. The number of amides is 2. The highest BCUT2D eigenvalue weighted by atomic mass is 16.5. The second-order valence-corrected chi connectivity index (χ2v) is 8.58. The van der Waals surface area contributed by atoms with Crippen LogP contribution in [0.15, 0.2) is 23.8 Å². The van der Waals surface area contributed by atoms with E-state index < -0.39 is 30.1 Å². The van der Waals surface area contributed by atoms with Crippen molar-refractivity contribution < 1.29 is 38.8 Å². The fraction of sp³-hybridized carbons (Fsp3) is 0.542. The number of methoxy groups -OCH3 is 2. The number of aliphatic hydroxyl groups is 2. The minimum absolute atomic E-state index is 0.0322. The van der Waals surface area contributed by atoms with Crippen molar-refractivity contribution in [1.29, 1.82) is 0 Å². The number of rotatable bonds is 10. The number of aliphatic hydroxyl groups excluding tert-OH is 2. The summed E-state index contributed by atoms with van der Waals surface area (Å²) in [5, 5.41) is 23.2. The molecule has 0 spiro atoms. The highest BCUT2D eigenvalue weighted by Crippen LogP contribution is 2.51. The lowest BCUT2D eigenvalue weighted by Gasteiger charge is -2.41. The lowest BCUT2D eigenvalue weighted by atomic mass is 9.77. The Labute approximate surface area is 198 Å². The Morgan fingerprint density at radius 3 is 2.62 bits per heavy atom. The number of aldehydes is 1. The summed E-state index contributed by atoms with van der Waals surface area (Å²) in [6.45, 7) is 3.75. The number of hydrogen-bond acceptors (Lipinski definition) is 8. The van der Waals surface area contributed by atoms with Crippen LogP contribution in [0.3, 0.4) is 0 Å². The van der Waals surface area contributed by atoms with Crippen LogP contribution in [0.4, 0.5) is 0 Å². The van der Waals surface area contributed by atoms with Crippen LogP contribution >= 0.6 is 0 Å². The Hall–Kier alpha value is -2.95. The van der Waals surface area contributed by atoms with Gasteiger partial charge in [0.15, 0.2) is 11.5 Å². The summed E-state index contributed by atoms with van der Waals surface area (Å²) in [6.07, 6.45) is 0.171. The van der Waals surface area contributed by atoms with Gasteiger partial charge < -0.3 is 34.6 Å². The Morgan fingerprint density at radius 1 is 1.29 bits per heavy atom. The van der Waals surface area contributed by atoms with Crippen LogP contribution in [0.1, 0.15) is 35.7 Å². The first-order valence-corrected chi connectivity index (χ1v) is 11.2. The van der Waals surface area contributed by atoms with Crippen molar-refractivity contribution >= 4 is 18.1 Å². The van der Waals surface area contributed by atoms with E-state index in [9.17, 15) is 24.6 Å². The number of nitrogens with zero attached hydrogens (tertiary/aromatic N) is 1. The fourth-order valence-electron chi connectivity index (χ4n) is 4.49.